The molecule has 4 heteroatoms. The lowest BCUT2D eigenvalue weighted by atomic mass is 9.93. The van der Waals surface area contributed by atoms with Crippen molar-refractivity contribution in [1.29, 1.82) is 0 Å². The van der Waals surface area contributed by atoms with Crippen molar-refractivity contribution >= 4 is 17.9 Å². The smallest absolute Gasteiger partial charge is 0.223 e. The Kier molecular flexibility index (Phi) is 4.01. The largest absolute Gasteiger partial charge is 0.353 e. The van der Waals surface area contributed by atoms with Crippen LogP contribution >= 0.6 is 0 Å². The van der Waals surface area contributed by atoms with Crippen molar-refractivity contribution < 1.29 is 9.59 Å². The molecular weight excluding hydrogens is 276 g/mol. The van der Waals surface area contributed by atoms with Gasteiger partial charge >= 0.3 is 0 Å². The first kappa shape index (κ1) is 14.8. The number of rotatable bonds is 4. The predicted octanol–water partition coefficient (Wildman–Crippen LogP) is 2.87. The van der Waals surface area contributed by atoms with Gasteiger partial charge in [0.05, 0.1) is 12.5 Å². The van der Waals surface area contributed by atoms with Crippen molar-refractivity contribution in [3.63, 3.8) is 0 Å². The second kappa shape index (κ2) is 5.95. The van der Waals surface area contributed by atoms with Crippen LogP contribution < -0.4 is 5.32 Å². The number of carbonyl (C=O) groups excluding carboxylic acids is 2. The van der Waals surface area contributed by atoms with E-state index in [-0.39, 0.29) is 23.9 Å². The number of carbonyl (C=O) groups is 2. The molecule has 2 unspecified atom stereocenters. The lowest BCUT2D eigenvalue weighted by Gasteiger charge is -2.32. The molecule has 4 nitrogen and oxygen atoms in total. The van der Waals surface area contributed by atoms with E-state index in [2.05, 4.69) is 12.2 Å². The summed E-state index contributed by atoms with van der Waals surface area (Å²) in [6, 6.07) is 7.95. The van der Waals surface area contributed by atoms with E-state index in [4.69, 9.17) is 0 Å². The number of nitrogens with one attached hydrogen (secondary N) is 1. The Labute approximate surface area is 131 Å². The highest BCUT2D eigenvalue weighted by molar-refractivity contribution is 5.82. The van der Waals surface area contributed by atoms with Crippen LogP contribution in [0.5, 0.6) is 0 Å². The molecule has 3 rings (SSSR count). The fourth-order valence-electron chi connectivity index (χ4n) is 3.12. The average molecular weight is 298 g/mol. The van der Waals surface area contributed by atoms with Crippen molar-refractivity contribution in [3.05, 3.63) is 41.6 Å². The average Bonchev–Trinajstić information content (AvgIpc) is 3.31. The Hall–Kier alpha value is -2.10. The first-order valence-corrected chi connectivity index (χ1v) is 7.91. The second-order valence-corrected chi connectivity index (χ2v) is 6.28. The summed E-state index contributed by atoms with van der Waals surface area (Å²) in [5.41, 5.74) is 2.11. The second-order valence-electron chi connectivity index (χ2n) is 6.28. The summed E-state index contributed by atoms with van der Waals surface area (Å²) in [4.78, 5) is 25.9. The van der Waals surface area contributed by atoms with Crippen LogP contribution in [0.4, 0.5) is 0 Å². The first-order chi connectivity index (χ1) is 10.6. The van der Waals surface area contributed by atoms with Crippen LogP contribution in [-0.4, -0.2) is 22.8 Å². The Morgan fingerprint density at radius 3 is 2.73 bits per heavy atom. The van der Waals surface area contributed by atoms with Gasteiger partial charge in [-0.25, -0.2) is 0 Å². The van der Waals surface area contributed by atoms with Gasteiger partial charge in [-0.05, 0) is 42.9 Å². The molecule has 2 amide bonds. The van der Waals surface area contributed by atoms with Crippen LogP contribution in [0.15, 0.2) is 30.5 Å². The molecule has 0 bridgehead atoms. The van der Waals surface area contributed by atoms with Crippen LogP contribution in [0.2, 0.25) is 0 Å². The molecule has 0 saturated heterocycles. The van der Waals surface area contributed by atoms with Gasteiger partial charge in [0.15, 0.2) is 0 Å². The molecule has 1 aliphatic carbocycles. The minimum Gasteiger partial charge on any atom is -0.353 e. The molecule has 22 heavy (non-hydrogen) atoms. The maximum atomic E-state index is 12.4. The van der Waals surface area contributed by atoms with E-state index in [1.807, 2.05) is 30.3 Å². The molecule has 0 spiro atoms. The summed E-state index contributed by atoms with van der Waals surface area (Å²) in [7, 11) is 0. The zero-order chi connectivity index (χ0) is 15.7. The van der Waals surface area contributed by atoms with Gasteiger partial charge in [-0.1, -0.05) is 24.3 Å². The number of fused-ring (bicyclic) bond motifs is 1. The Morgan fingerprint density at radius 1 is 1.32 bits per heavy atom. The van der Waals surface area contributed by atoms with Crippen LogP contribution in [0, 0.1) is 5.92 Å². The third-order valence-electron chi connectivity index (χ3n) is 4.57. The normalized spacial score (nSPS) is 21.2. The van der Waals surface area contributed by atoms with Gasteiger partial charge in [-0.15, -0.1) is 0 Å². The molecule has 116 valence electrons. The van der Waals surface area contributed by atoms with Crippen molar-refractivity contribution in [1.82, 2.24) is 10.2 Å². The fraction of sp³-hybridized carbons (Fsp3) is 0.444. The van der Waals surface area contributed by atoms with Crippen LogP contribution in [-0.2, 0) is 9.59 Å². The molecule has 1 saturated carbocycles. The molecule has 1 aliphatic heterocycles. The highest BCUT2D eigenvalue weighted by atomic mass is 16.2. The van der Waals surface area contributed by atoms with E-state index in [1.165, 1.54) is 19.8 Å². The van der Waals surface area contributed by atoms with E-state index in [0.717, 1.165) is 11.1 Å². The molecular formula is C18H22N2O2. The SMILES string of the molecule is CC(=O)N1C=Cc2ccccc2C1CC(=O)NC(C)C1CC1. The minimum atomic E-state index is -0.217. The van der Waals surface area contributed by atoms with Gasteiger partial charge in [-0.2, -0.15) is 0 Å². The minimum absolute atomic E-state index is 0.0146. The molecule has 1 aromatic rings. The number of amides is 2. The molecule has 1 fully saturated rings. The highest BCUT2D eigenvalue weighted by Crippen LogP contribution is 2.34. The van der Waals surface area contributed by atoms with Gasteiger partial charge in [0.2, 0.25) is 11.8 Å². The van der Waals surface area contributed by atoms with E-state index in [9.17, 15) is 9.59 Å². The molecule has 0 radical (unpaired) electrons. The van der Waals surface area contributed by atoms with E-state index in [1.54, 1.807) is 11.1 Å². The van der Waals surface area contributed by atoms with Crippen molar-refractivity contribution in [2.24, 2.45) is 5.92 Å². The lowest BCUT2D eigenvalue weighted by molar-refractivity contribution is -0.130. The van der Waals surface area contributed by atoms with E-state index >= 15 is 0 Å². The molecule has 1 N–H and O–H groups in total. The highest BCUT2D eigenvalue weighted by Gasteiger charge is 2.31. The fourth-order valence-corrected chi connectivity index (χ4v) is 3.12. The molecule has 1 aromatic carbocycles. The number of nitrogens with zero attached hydrogens (tertiary/aromatic N) is 1. The maximum Gasteiger partial charge on any atom is 0.223 e. The van der Waals surface area contributed by atoms with Crippen molar-refractivity contribution in [2.45, 2.75) is 45.2 Å². The van der Waals surface area contributed by atoms with Crippen LogP contribution in [0.25, 0.3) is 6.08 Å². The van der Waals surface area contributed by atoms with Crippen molar-refractivity contribution in [2.75, 3.05) is 0 Å². The summed E-state index contributed by atoms with van der Waals surface area (Å²) in [6.45, 7) is 3.60. The van der Waals surface area contributed by atoms with Crippen molar-refractivity contribution in [3.8, 4) is 0 Å². The molecule has 1 heterocycles. The van der Waals surface area contributed by atoms with Gasteiger partial charge in [-0.3, -0.25) is 9.59 Å². The van der Waals surface area contributed by atoms with Gasteiger partial charge in [0.25, 0.3) is 0 Å². The number of hydrogen-bond acceptors (Lipinski definition) is 2. The van der Waals surface area contributed by atoms with Crippen LogP contribution in [0.1, 0.15) is 50.3 Å². The summed E-state index contributed by atoms with van der Waals surface area (Å²) >= 11 is 0. The monoisotopic (exact) mass is 298 g/mol. The molecule has 2 aliphatic rings. The Bertz CT molecular complexity index is 619. The third kappa shape index (κ3) is 3.06. The zero-order valence-electron chi connectivity index (χ0n) is 13.1. The zero-order valence-corrected chi connectivity index (χ0v) is 13.1. The Morgan fingerprint density at radius 2 is 2.05 bits per heavy atom. The van der Waals surface area contributed by atoms with Crippen LogP contribution in [0.3, 0.4) is 0 Å². The molecule has 2 atom stereocenters. The third-order valence-corrected chi connectivity index (χ3v) is 4.57. The predicted molar refractivity (Wildman–Crippen MR) is 85.7 cm³/mol. The number of benzene rings is 1. The van der Waals surface area contributed by atoms with E-state index < -0.39 is 0 Å². The van der Waals surface area contributed by atoms with Gasteiger partial charge < -0.3 is 10.2 Å². The summed E-state index contributed by atoms with van der Waals surface area (Å²) in [5.74, 6) is 0.603. The van der Waals surface area contributed by atoms with E-state index in [0.29, 0.717) is 12.3 Å². The Balaban J connectivity index is 1.77. The van der Waals surface area contributed by atoms with Gasteiger partial charge in [0.1, 0.15) is 0 Å². The standard InChI is InChI=1S/C18H22N2O2/c1-12(14-7-8-14)19-18(22)11-17-16-6-4-3-5-15(16)9-10-20(17)13(2)21/h3-6,9-10,12,14,17H,7-8,11H2,1-2H3,(H,19,22). The molecule has 0 aromatic heterocycles. The first-order valence-electron chi connectivity index (χ1n) is 7.91. The van der Waals surface area contributed by atoms with Gasteiger partial charge in [0, 0.05) is 19.2 Å². The number of hydrogen-bond donors (Lipinski definition) is 1. The maximum absolute atomic E-state index is 12.4. The lowest BCUT2D eigenvalue weighted by Crippen LogP contribution is -2.38. The summed E-state index contributed by atoms with van der Waals surface area (Å²) in [5, 5.41) is 3.08. The quantitative estimate of drug-likeness (QED) is 0.929. The summed E-state index contributed by atoms with van der Waals surface area (Å²) < 4.78 is 0. The summed E-state index contributed by atoms with van der Waals surface area (Å²) in [6.07, 6.45) is 6.43. The topological polar surface area (TPSA) is 49.4 Å².